The molecule has 1 atom stereocenters. The molecule has 0 saturated heterocycles. The van der Waals surface area contributed by atoms with Gasteiger partial charge in [0.15, 0.2) is 0 Å². The van der Waals surface area contributed by atoms with E-state index in [1.54, 1.807) is 22.8 Å². The molecule has 106 valence electrons. The Morgan fingerprint density at radius 1 is 1.50 bits per heavy atom. The van der Waals surface area contributed by atoms with Crippen LogP contribution in [0.25, 0.3) is 0 Å². The van der Waals surface area contributed by atoms with E-state index in [0.717, 1.165) is 15.6 Å². The third-order valence-electron chi connectivity index (χ3n) is 3.06. The number of carboxylic acid groups (broad SMARTS) is 1. The Bertz CT molecular complexity index is 612. The molecule has 0 saturated carbocycles. The summed E-state index contributed by atoms with van der Waals surface area (Å²) in [7, 11) is 3.64. The Kier molecular flexibility index (Phi) is 4.57. The minimum absolute atomic E-state index is 0.520. The van der Waals surface area contributed by atoms with Crippen molar-refractivity contribution in [1.82, 2.24) is 14.7 Å². The Morgan fingerprint density at radius 3 is 2.75 bits per heavy atom. The Balaban J connectivity index is 2.25. The van der Waals surface area contributed by atoms with Gasteiger partial charge in [-0.05, 0) is 18.7 Å². The summed E-state index contributed by atoms with van der Waals surface area (Å²) in [5, 5.41) is 13.6. The second-order valence-corrected chi connectivity index (χ2v) is 5.55. The molecule has 0 aliphatic rings. The number of benzene rings is 1. The lowest BCUT2D eigenvalue weighted by Gasteiger charge is -2.25. The fourth-order valence-electron chi connectivity index (χ4n) is 2.19. The minimum atomic E-state index is -0.872. The van der Waals surface area contributed by atoms with E-state index in [2.05, 4.69) is 21.0 Å². The second kappa shape index (κ2) is 6.19. The summed E-state index contributed by atoms with van der Waals surface area (Å²) in [6.07, 6.45) is 3.63. The highest BCUT2D eigenvalue weighted by Gasteiger charge is 2.26. The number of carboxylic acids is 1. The fraction of sp³-hybridized carbons (Fsp3) is 0.286. The number of hydrogen-bond acceptors (Lipinski definition) is 3. The largest absolute Gasteiger partial charge is 0.480 e. The van der Waals surface area contributed by atoms with Crippen LogP contribution in [0.2, 0.25) is 0 Å². The monoisotopic (exact) mass is 337 g/mol. The number of nitrogens with zero attached hydrogens (tertiary/aromatic N) is 3. The maximum atomic E-state index is 11.6. The number of likely N-dealkylation sites (N-methyl/N-ethyl adjacent to an activating group) is 1. The van der Waals surface area contributed by atoms with Gasteiger partial charge in [0.1, 0.15) is 6.04 Å². The lowest BCUT2D eigenvalue weighted by molar-refractivity contribution is -0.143. The molecule has 0 aliphatic carbocycles. The molecule has 1 aromatic carbocycles. The van der Waals surface area contributed by atoms with Crippen molar-refractivity contribution in [2.75, 3.05) is 7.05 Å². The van der Waals surface area contributed by atoms with Crippen molar-refractivity contribution in [3.8, 4) is 0 Å². The van der Waals surface area contributed by atoms with E-state index in [0.29, 0.717) is 6.54 Å². The van der Waals surface area contributed by atoms with Crippen molar-refractivity contribution in [3.05, 3.63) is 52.3 Å². The van der Waals surface area contributed by atoms with Crippen LogP contribution in [-0.4, -0.2) is 32.8 Å². The fourth-order valence-corrected chi connectivity index (χ4v) is 2.69. The highest BCUT2D eigenvalue weighted by atomic mass is 79.9. The third kappa shape index (κ3) is 3.26. The van der Waals surface area contributed by atoms with E-state index in [4.69, 9.17) is 0 Å². The zero-order chi connectivity index (χ0) is 14.7. The third-order valence-corrected chi connectivity index (χ3v) is 3.79. The summed E-state index contributed by atoms with van der Waals surface area (Å²) < 4.78 is 2.50. The van der Waals surface area contributed by atoms with Crippen molar-refractivity contribution < 1.29 is 9.90 Å². The van der Waals surface area contributed by atoms with E-state index in [1.807, 2.05) is 37.5 Å². The Morgan fingerprint density at radius 2 is 2.20 bits per heavy atom. The molecule has 0 fully saturated rings. The lowest BCUT2D eigenvalue weighted by atomic mass is 10.1. The molecule has 0 bridgehead atoms. The minimum Gasteiger partial charge on any atom is -0.480 e. The highest BCUT2D eigenvalue weighted by Crippen LogP contribution is 2.28. The van der Waals surface area contributed by atoms with E-state index in [-0.39, 0.29) is 0 Å². The van der Waals surface area contributed by atoms with E-state index < -0.39 is 12.0 Å². The lowest BCUT2D eigenvalue weighted by Crippen LogP contribution is -2.30. The molecule has 2 rings (SSSR count). The number of aromatic nitrogens is 2. The standard InChI is InChI=1S/C14H16BrN3O2/c1-17(8-10-7-16-18(2)9-10)13(14(19)20)11-5-3-4-6-12(11)15/h3-7,9,13H,8H2,1-2H3,(H,19,20). The van der Waals surface area contributed by atoms with Crippen LogP contribution in [0, 0.1) is 0 Å². The van der Waals surface area contributed by atoms with E-state index >= 15 is 0 Å². The number of rotatable bonds is 5. The molecule has 5 nitrogen and oxygen atoms in total. The van der Waals surface area contributed by atoms with Gasteiger partial charge in [-0.25, -0.2) is 0 Å². The van der Waals surface area contributed by atoms with Gasteiger partial charge in [0, 0.05) is 29.8 Å². The first-order valence-electron chi connectivity index (χ1n) is 6.14. The number of halogens is 1. The molecule has 2 aromatic rings. The van der Waals surface area contributed by atoms with Gasteiger partial charge in [0.2, 0.25) is 0 Å². The second-order valence-electron chi connectivity index (χ2n) is 4.70. The van der Waals surface area contributed by atoms with Crippen LogP contribution in [0.3, 0.4) is 0 Å². The van der Waals surface area contributed by atoms with Gasteiger partial charge in [-0.1, -0.05) is 34.1 Å². The summed E-state index contributed by atoms with van der Waals surface area (Å²) in [6, 6.07) is 6.68. The number of aliphatic carboxylic acids is 1. The average molecular weight is 338 g/mol. The van der Waals surface area contributed by atoms with Crippen LogP contribution in [0.1, 0.15) is 17.2 Å². The zero-order valence-electron chi connectivity index (χ0n) is 11.3. The van der Waals surface area contributed by atoms with Crippen molar-refractivity contribution in [3.63, 3.8) is 0 Å². The smallest absolute Gasteiger partial charge is 0.325 e. The molecular weight excluding hydrogens is 322 g/mol. The molecule has 1 N–H and O–H groups in total. The maximum Gasteiger partial charge on any atom is 0.325 e. The van der Waals surface area contributed by atoms with Crippen LogP contribution in [0.15, 0.2) is 41.1 Å². The van der Waals surface area contributed by atoms with Crippen LogP contribution in [0.4, 0.5) is 0 Å². The predicted octanol–water partition coefficient (Wildman–Crippen LogP) is 2.44. The first-order valence-corrected chi connectivity index (χ1v) is 6.93. The molecule has 6 heteroatoms. The molecule has 20 heavy (non-hydrogen) atoms. The molecule has 1 unspecified atom stereocenters. The number of hydrogen-bond donors (Lipinski definition) is 1. The maximum absolute atomic E-state index is 11.6. The average Bonchev–Trinajstić information content (AvgIpc) is 2.77. The van der Waals surface area contributed by atoms with Gasteiger partial charge >= 0.3 is 5.97 Å². The van der Waals surface area contributed by atoms with Gasteiger partial charge in [0.25, 0.3) is 0 Å². The summed E-state index contributed by atoms with van der Waals surface area (Å²) in [5.74, 6) is -0.872. The number of aryl methyl sites for hydroxylation is 1. The first kappa shape index (κ1) is 14.7. The Hall–Kier alpha value is -1.66. The van der Waals surface area contributed by atoms with Gasteiger partial charge in [-0.15, -0.1) is 0 Å². The summed E-state index contributed by atoms with van der Waals surface area (Å²) in [5.41, 5.74) is 1.72. The van der Waals surface area contributed by atoms with Gasteiger partial charge in [-0.2, -0.15) is 5.10 Å². The van der Waals surface area contributed by atoms with Crippen molar-refractivity contribution in [2.24, 2.45) is 7.05 Å². The van der Waals surface area contributed by atoms with Crippen molar-refractivity contribution in [1.29, 1.82) is 0 Å². The van der Waals surface area contributed by atoms with Gasteiger partial charge < -0.3 is 5.11 Å². The van der Waals surface area contributed by atoms with Crippen molar-refractivity contribution in [2.45, 2.75) is 12.6 Å². The van der Waals surface area contributed by atoms with Crippen LogP contribution in [0.5, 0.6) is 0 Å². The normalized spacial score (nSPS) is 12.6. The van der Waals surface area contributed by atoms with Crippen LogP contribution in [-0.2, 0) is 18.4 Å². The molecule has 0 aliphatic heterocycles. The SMILES string of the molecule is CN(Cc1cnn(C)c1)C(C(=O)O)c1ccccc1Br. The van der Waals surface area contributed by atoms with Gasteiger partial charge in [-0.3, -0.25) is 14.4 Å². The van der Waals surface area contributed by atoms with E-state index in [9.17, 15) is 9.90 Å². The van der Waals surface area contributed by atoms with E-state index in [1.165, 1.54) is 0 Å². The Labute approximate surface area is 126 Å². The number of carbonyl (C=O) groups is 1. The summed E-state index contributed by atoms with van der Waals surface area (Å²) >= 11 is 3.42. The molecule has 1 aromatic heterocycles. The molecule has 0 amide bonds. The summed E-state index contributed by atoms with van der Waals surface area (Å²) in [4.78, 5) is 13.4. The predicted molar refractivity (Wildman–Crippen MR) is 79.2 cm³/mol. The molecule has 1 heterocycles. The van der Waals surface area contributed by atoms with Crippen molar-refractivity contribution >= 4 is 21.9 Å². The summed E-state index contributed by atoms with van der Waals surface area (Å²) in [6.45, 7) is 0.520. The van der Waals surface area contributed by atoms with Gasteiger partial charge in [0.05, 0.1) is 6.20 Å². The molecule has 0 spiro atoms. The molecule has 0 radical (unpaired) electrons. The highest BCUT2D eigenvalue weighted by molar-refractivity contribution is 9.10. The zero-order valence-corrected chi connectivity index (χ0v) is 12.9. The van der Waals surface area contributed by atoms with Crippen LogP contribution >= 0.6 is 15.9 Å². The quantitative estimate of drug-likeness (QED) is 0.910. The molecular formula is C14H16BrN3O2. The topological polar surface area (TPSA) is 58.4 Å². The first-order chi connectivity index (χ1) is 9.49. The van der Waals surface area contributed by atoms with Crippen LogP contribution < -0.4 is 0 Å².